The van der Waals surface area contributed by atoms with Crippen LogP contribution in [0.4, 0.5) is 4.79 Å². The molecule has 2 aromatic carbocycles. The fourth-order valence-electron chi connectivity index (χ4n) is 2.25. The zero-order valence-electron chi connectivity index (χ0n) is 13.3. The van der Waals surface area contributed by atoms with E-state index in [4.69, 9.17) is 9.84 Å². The standard InChI is InChI=1S/C18H19NO5.Li.H/c1-23-18(22)19-10-11-24-16(13-6-3-2-4-7-13)14-8-5-9-15(12-14)17(20)21;;/h2-9,12,16H,10-11H2,1H3,(H,19,22)(H,20,21);;. The van der Waals surface area contributed by atoms with Crippen molar-refractivity contribution in [3.8, 4) is 0 Å². The first-order valence-electron chi connectivity index (χ1n) is 7.43. The Bertz CT molecular complexity index is 693. The number of amides is 1. The molecule has 25 heavy (non-hydrogen) atoms. The molecule has 7 heteroatoms. The second-order valence-electron chi connectivity index (χ2n) is 5.01. The number of nitrogens with one attached hydrogen (secondary N) is 1. The Morgan fingerprint density at radius 2 is 1.76 bits per heavy atom. The monoisotopic (exact) mass is 337 g/mol. The first-order valence-corrected chi connectivity index (χ1v) is 7.43. The number of carbonyl (C=O) groups excluding carboxylic acids is 1. The van der Waals surface area contributed by atoms with E-state index in [1.807, 2.05) is 36.4 Å². The van der Waals surface area contributed by atoms with Gasteiger partial charge in [0.1, 0.15) is 6.10 Å². The molecule has 6 nitrogen and oxygen atoms in total. The summed E-state index contributed by atoms with van der Waals surface area (Å²) < 4.78 is 10.4. The third-order valence-corrected chi connectivity index (χ3v) is 3.38. The van der Waals surface area contributed by atoms with Gasteiger partial charge in [-0.25, -0.2) is 9.59 Å². The Balaban J connectivity index is 0.00000312. The van der Waals surface area contributed by atoms with E-state index in [2.05, 4.69) is 10.1 Å². The molecule has 0 saturated carbocycles. The van der Waals surface area contributed by atoms with Gasteiger partial charge in [0, 0.05) is 6.54 Å². The number of hydrogen-bond donors (Lipinski definition) is 2. The van der Waals surface area contributed by atoms with Gasteiger partial charge in [-0.3, -0.25) is 0 Å². The van der Waals surface area contributed by atoms with Gasteiger partial charge in [0.15, 0.2) is 0 Å². The maximum atomic E-state index is 11.2. The van der Waals surface area contributed by atoms with Crippen LogP contribution in [-0.2, 0) is 9.47 Å². The van der Waals surface area contributed by atoms with Crippen LogP contribution in [0, 0.1) is 0 Å². The number of rotatable bonds is 7. The Hall–Kier alpha value is -2.26. The van der Waals surface area contributed by atoms with Crippen molar-refractivity contribution in [2.24, 2.45) is 0 Å². The summed E-state index contributed by atoms with van der Waals surface area (Å²) in [6.45, 7) is 0.542. The van der Waals surface area contributed by atoms with Gasteiger partial charge in [0.2, 0.25) is 0 Å². The van der Waals surface area contributed by atoms with E-state index in [0.717, 1.165) is 11.1 Å². The van der Waals surface area contributed by atoms with E-state index < -0.39 is 18.2 Å². The summed E-state index contributed by atoms with van der Waals surface area (Å²) in [7, 11) is 1.29. The van der Waals surface area contributed by atoms with Gasteiger partial charge in [-0.05, 0) is 23.3 Å². The first-order chi connectivity index (χ1) is 11.6. The van der Waals surface area contributed by atoms with E-state index in [0.29, 0.717) is 0 Å². The second kappa shape index (κ2) is 10.6. The zero-order chi connectivity index (χ0) is 17.4. The maximum absolute atomic E-state index is 11.2. The molecule has 2 rings (SSSR count). The van der Waals surface area contributed by atoms with Gasteiger partial charge < -0.3 is 19.9 Å². The third kappa shape index (κ3) is 6.27. The Morgan fingerprint density at radius 3 is 2.40 bits per heavy atom. The number of benzene rings is 2. The molecule has 2 aromatic rings. The fourth-order valence-corrected chi connectivity index (χ4v) is 2.25. The molecule has 0 heterocycles. The Kier molecular flexibility index (Phi) is 8.79. The van der Waals surface area contributed by atoms with Crippen LogP contribution < -0.4 is 5.32 Å². The molecule has 0 spiro atoms. The van der Waals surface area contributed by atoms with E-state index >= 15 is 0 Å². The average molecular weight is 337 g/mol. The summed E-state index contributed by atoms with van der Waals surface area (Å²) in [4.78, 5) is 22.2. The van der Waals surface area contributed by atoms with Gasteiger partial charge in [-0.2, -0.15) is 0 Å². The van der Waals surface area contributed by atoms with Crippen LogP contribution in [0.15, 0.2) is 54.6 Å². The molecular formula is C18H20LiNO5. The molecule has 0 aliphatic heterocycles. The van der Waals surface area contributed by atoms with Crippen LogP contribution in [0.25, 0.3) is 0 Å². The molecule has 1 amide bonds. The predicted molar refractivity (Wildman–Crippen MR) is 95.2 cm³/mol. The summed E-state index contributed by atoms with van der Waals surface area (Å²) in [5.74, 6) is -0.990. The van der Waals surface area contributed by atoms with Crippen LogP contribution in [0.5, 0.6) is 0 Å². The molecule has 0 saturated heterocycles. The van der Waals surface area contributed by atoms with Crippen molar-refractivity contribution in [1.29, 1.82) is 0 Å². The molecule has 0 aliphatic rings. The van der Waals surface area contributed by atoms with Crippen molar-refractivity contribution in [3.63, 3.8) is 0 Å². The van der Waals surface area contributed by atoms with Crippen molar-refractivity contribution in [3.05, 3.63) is 71.3 Å². The number of hydrogen-bond acceptors (Lipinski definition) is 4. The van der Waals surface area contributed by atoms with Crippen molar-refractivity contribution in [2.75, 3.05) is 20.3 Å². The minimum atomic E-state index is -0.990. The first kappa shape index (κ1) is 20.8. The van der Waals surface area contributed by atoms with Crippen molar-refractivity contribution >= 4 is 30.9 Å². The van der Waals surface area contributed by atoms with E-state index in [1.165, 1.54) is 13.2 Å². The topological polar surface area (TPSA) is 84.9 Å². The Labute approximate surface area is 158 Å². The van der Waals surface area contributed by atoms with E-state index in [1.54, 1.807) is 12.1 Å². The number of carboxylic acid groups (broad SMARTS) is 1. The minimum absolute atomic E-state index is 0. The fraction of sp³-hybridized carbons (Fsp3) is 0.222. The van der Waals surface area contributed by atoms with E-state index in [-0.39, 0.29) is 37.6 Å². The summed E-state index contributed by atoms with van der Waals surface area (Å²) in [5, 5.41) is 11.7. The normalized spacial score (nSPS) is 11.1. The molecule has 0 bridgehead atoms. The van der Waals surface area contributed by atoms with Crippen molar-refractivity contribution in [1.82, 2.24) is 5.32 Å². The molecule has 0 aromatic heterocycles. The summed E-state index contributed by atoms with van der Waals surface area (Å²) in [6.07, 6.45) is -0.951. The third-order valence-electron chi connectivity index (χ3n) is 3.38. The molecule has 128 valence electrons. The number of ether oxygens (including phenoxy) is 2. The van der Waals surface area contributed by atoms with Crippen LogP contribution in [-0.4, -0.2) is 56.3 Å². The summed E-state index contributed by atoms with van der Waals surface area (Å²) in [5.41, 5.74) is 1.84. The number of alkyl carbamates (subject to hydrolysis) is 1. The quantitative estimate of drug-likeness (QED) is 0.598. The van der Waals surface area contributed by atoms with Crippen LogP contribution in [0.1, 0.15) is 27.6 Å². The van der Waals surface area contributed by atoms with Crippen LogP contribution in [0.2, 0.25) is 0 Å². The second-order valence-corrected chi connectivity index (χ2v) is 5.01. The van der Waals surface area contributed by atoms with Gasteiger partial charge >= 0.3 is 30.9 Å². The zero-order valence-corrected chi connectivity index (χ0v) is 13.3. The molecule has 1 unspecified atom stereocenters. The predicted octanol–water partition coefficient (Wildman–Crippen LogP) is 2.20. The molecule has 1 atom stereocenters. The average Bonchev–Trinajstić information content (AvgIpc) is 2.62. The van der Waals surface area contributed by atoms with Gasteiger partial charge in [0.25, 0.3) is 0 Å². The van der Waals surface area contributed by atoms with Crippen molar-refractivity contribution in [2.45, 2.75) is 6.10 Å². The number of carboxylic acids is 1. The number of methoxy groups -OCH3 is 1. The van der Waals surface area contributed by atoms with Gasteiger partial charge in [0.05, 0.1) is 19.3 Å². The number of carbonyl (C=O) groups is 2. The van der Waals surface area contributed by atoms with E-state index in [9.17, 15) is 9.59 Å². The van der Waals surface area contributed by atoms with Crippen LogP contribution in [0.3, 0.4) is 0 Å². The van der Waals surface area contributed by atoms with Crippen molar-refractivity contribution < 1.29 is 24.2 Å². The number of aromatic carboxylic acids is 1. The van der Waals surface area contributed by atoms with Gasteiger partial charge in [-0.15, -0.1) is 0 Å². The molecule has 0 radical (unpaired) electrons. The molecule has 2 N–H and O–H groups in total. The molecule has 0 fully saturated rings. The molecular weight excluding hydrogens is 317 g/mol. The summed E-state index contributed by atoms with van der Waals surface area (Å²) >= 11 is 0. The van der Waals surface area contributed by atoms with Gasteiger partial charge in [-0.1, -0.05) is 42.5 Å². The molecule has 0 aliphatic carbocycles. The Morgan fingerprint density at radius 1 is 1.08 bits per heavy atom. The summed E-state index contributed by atoms with van der Waals surface area (Å²) in [6, 6.07) is 16.1. The van der Waals surface area contributed by atoms with Crippen LogP contribution >= 0.6 is 0 Å². The SMILES string of the molecule is COC(=O)NCCOC(c1ccccc1)c1cccc(C(=O)O)c1.[LiH].